The molecule has 2 rings (SSSR count). The number of methoxy groups -OCH3 is 1. The lowest BCUT2D eigenvalue weighted by atomic mass is 10.3. The molecular formula is C12H11BrN4O. The van der Waals surface area contributed by atoms with Crippen LogP contribution in [0.15, 0.2) is 22.9 Å². The molecule has 0 unspecified atom stereocenters. The van der Waals surface area contributed by atoms with Crippen LogP contribution in [0.5, 0.6) is 5.75 Å². The van der Waals surface area contributed by atoms with Crippen LogP contribution in [-0.2, 0) is 6.42 Å². The van der Waals surface area contributed by atoms with Crippen molar-refractivity contribution in [2.75, 3.05) is 7.11 Å². The lowest BCUT2D eigenvalue weighted by Gasteiger charge is -2.11. The summed E-state index contributed by atoms with van der Waals surface area (Å²) in [5, 5.41) is 9.12. The fraction of sp³-hybridized carbons (Fsp3) is 0.250. The molecule has 0 spiro atoms. The summed E-state index contributed by atoms with van der Waals surface area (Å²) in [7, 11) is 1.57. The second-order valence-corrected chi connectivity index (χ2v) is 4.46. The summed E-state index contributed by atoms with van der Waals surface area (Å²) in [5.74, 6) is 1.94. The van der Waals surface area contributed by atoms with E-state index in [-0.39, 0.29) is 0 Å². The minimum atomic E-state index is 0.444. The summed E-state index contributed by atoms with van der Waals surface area (Å²) < 4.78 is 7.83. The number of halogens is 1. The molecule has 0 aliphatic carbocycles. The summed E-state index contributed by atoms with van der Waals surface area (Å²) >= 11 is 3.34. The van der Waals surface area contributed by atoms with Crippen molar-refractivity contribution in [3.63, 3.8) is 0 Å². The van der Waals surface area contributed by atoms with Crippen molar-refractivity contribution in [3.8, 4) is 17.6 Å². The number of imidazole rings is 1. The van der Waals surface area contributed by atoms with Crippen LogP contribution >= 0.6 is 15.9 Å². The molecule has 0 atom stereocenters. The minimum absolute atomic E-state index is 0.444. The van der Waals surface area contributed by atoms with Gasteiger partial charge in [-0.2, -0.15) is 5.26 Å². The highest BCUT2D eigenvalue weighted by Crippen LogP contribution is 2.26. The summed E-state index contributed by atoms with van der Waals surface area (Å²) in [5.41, 5.74) is 0.444. The highest BCUT2D eigenvalue weighted by atomic mass is 79.9. The third kappa shape index (κ3) is 2.09. The summed E-state index contributed by atoms with van der Waals surface area (Å²) in [6.07, 6.45) is 3.92. The molecule has 0 aliphatic heterocycles. The Balaban J connectivity index is 2.68. The van der Waals surface area contributed by atoms with Gasteiger partial charge in [0.15, 0.2) is 11.6 Å². The van der Waals surface area contributed by atoms with Gasteiger partial charge in [-0.3, -0.25) is 4.57 Å². The molecule has 0 fully saturated rings. The normalized spacial score (nSPS) is 10.1. The van der Waals surface area contributed by atoms with Crippen molar-refractivity contribution >= 4 is 15.9 Å². The first-order valence-corrected chi connectivity index (χ1v) is 6.17. The fourth-order valence-corrected chi connectivity index (χ4v) is 2.00. The van der Waals surface area contributed by atoms with Crippen molar-refractivity contribution in [1.29, 1.82) is 5.26 Å². The first-order chi connectivity index (χ1) is 8.71. The standard InChI is InChI=1S/C12H11BrN4O/c1-3-11-15-7-9(5-14)17(11)12-10(18-2)4-8(13)6-16-12/h4,6-7H,3H2,1-2H3. The lowest BCUT2D eigenvalue weighted by molar-refractivity contribution is 0.410. The molecule has 5 nitrogen and oxygen atoms in total. The Bertz CT molecular complexity index is 615. The van der Waals surface area contributed by atoms with E-state index in [1.165, 1.54) is 0 Å². The SMILES string of the molecule is CCc1ncc(C#N)n1-c1ncc(Br)cc1OC. The van der Waals surface area contributed by atoms with E-state index in [2.05, 4.69) is 32.0 Å². The maximum absolute atomic E-state index is 9.12. The Kier molecular flexibility index (Phi) is 3.63. The van der Waals surface area contributed by atoms with Gasteiger partial charge < -0.3 is 4.74 Å². The summed E-state index contributed by atoms with van der Waals surface area (Å²) in [4.78, 5) is 8.52. The molecule has 0 amide bonds. The van der Waals surface area contributed by atoms with E-state index in [1.54, 1.807) is 24.1 Å². The summed E-state index contributed by atoms with van der Waals surface area (Å²) in [6.45, 7) is 1.98. The first kappa shape index (κ1) is 12.6. The quantitative estimate of drug-likeness (QED) is 0.874. The maximum Gasteiger partial charge on any atom is 0.182 e. The van der Waals surface area contributed by atoms with Crippen molar-refractivity contribution in [2.45, 2.75) is 13.3 Å². The van der Waals surface area contributed by atoms with Gasteiger partial charge in [0.2, 0.25) is 0 Å². The topological polar surface area (TPSA) is 63.7 Å². The zero-order chi connectivity index (χ0) is 13.1. The van der Waals surface area contributed by atoms with Crippen LogP contribution in [-0.4, -0.2) is 21.6 Å². The molecular weight excluding hydrogens is 296 g/mol. The van der Waals surface area contributed by atoms with E-state index < -0.39 is 0 Å². The van der Waals surface area contributed by atoms with Gasteiger partial charge in [0, 0.05) is 17.1 Å². The van der Waals surface area contributed by atoms with E-state index >= 15 is 0 Å². The number of rotatable bonds is 3. The second kappa shape index (κ2) is 5.19. The Morgan fingerprint density at radius 2 is 2.22 bits per heavy atom. The van der Waals surface area contributed by atoms with Gasteiger partial charge in [-0.05, 0) is 22.0 Å². The lowest BCUT2D eigenvalue weighted by Crippen LogP contribution is -2.07. The minimum Gasteiger partial charge on any atom is -0.493 e. The molecule has 0 N–H and O–H groups in total. The molecule has 0 saturated carbocycles. The van der Waals surface area contributed by atoms with Gasteiger partial charge in [0.05, 0.1) is 13.3 Å². The molecule has 6 heteroatoms. The van der Waals surface area contributed by atoms with Crippen molar-refractivity contribution in [1.82, 2.24) is 14.5 Å². The van der Waals surface area contributed by atoms with E-state index in [4.69, 9.17) is 10.00 Å². The van der Waals surface area contributed by atoms with Crippen LogP contribution in [0.3, 0.4) is 0 Å². The number of nitrogens with zero attached hydrogens (tertiary/aromatic N) is 4. The van der Waals surface area contributed by atoms with Gasteiger partial charge in [-0.15, -0.1) is 0 Å². The van der Waals surface area contributed by atoms with Crippen LogP contribution in [0.25, 0.3) is 5.82 Å². The average Bonchev–Trinajstić information content (AvgIpc) is 2.81. The van der Waals surface area contributed by atoms with Gasteiger partial charge in [-0.25, -0.2) is 9.97 Å². The van der Waals surface area contributed by atoms with Crippen LogP contribution in [0.4, 0.5) is 0 Å². The zero-order valence-corrected chi connectivity index (χ0v) is 11.6. The number of aromatic nitrogens is 3. The van der Waals surface area contributed by atoms with E-state index in [9.17, 15) is 0 Å². The third-order valence-corrected chi connectivity index (χ3v) is 2.93. The van der Waals surface area contributed by atoms with Crippen molar-refractivity contribution < 1.29 is 4.74 Å². The number of ether oxygens (including phenoxy) is 1. The number of hydrogen-bond acceptors (Lipinski definition) is 4. The Hall–Kier alpha value is -1.87. The average molecular weight is 307 g/mol. The van der Waals surface area contributed by atoms with Gasteiger partial charge in [0.1, 0.15) is 17.6 Å². The molecule has 0 bridgehead atoms. The highest BCUT2D eigenvalue weighted by Gasteiger charge is 2.15. The second-order valence-electron chi connectivity index (χ2n) is 3.54. The predicted octanol–water partition coefficient (Wildman–Crippen LogP) is 2.47. The highest BCUT2D eigenvalue weighted by molar-refractivity contribution is 9.10. The molecule has 92 valence electrons. The molecule has 18 heavy (non-hydrogen) atoms. The molecule has 2 aromatic heterocycles. The summed E-state index contributed by atoms with van der Waals surface area (Å²) in [6, 6.07) is 3.92. The van der Waals surface area contributed by atoms with E-state index in [0.29, 0.717) is 23.7 Å². The van der Waals surface area contributed by atoms with Gasteiger partial charge >= 0.3 is 0 Å². The van der Waals surface area contributed by atoms with E-state index in [1.807, 2.05) is 13.0 Å². The molecule has 0 aromatic carbocycles. The number of nitriles is 1. The van der Waals surface area contributed by atoms with Crippen molar-refractivity contribution in [3.05, 3.63) is 34.5 Å². The first-order valence-electron chi connectivity index (χ1n) is 5.37. The molecule has 2 heterocycles. The zero-order valence-electron chi connectivity index (χ0n) is 10.0. The van der Waals surface area contributed by atoms with Gasteiger partial charge in [-0.1, -0.05) is 6.92 Å². The Morgan fingerprint density at radius 3 is 2.83 bits per heavy atom. The number of aryl methyl sites for hydroxylation is 1. The Morgan fingerprint density at radius 1 is 1.44 bits per heavy atom. The maximum atomic E-state index is 9.12. The number of pyridine rings is 1. The van der Waals surface area contributed by atoms with E-state index in [0.717, 1.165) is 10.3 Å². The molecule has 2 aromatic rings. The fourth-order valence-electron chi connectivity index (χ4n) is 1.69. The van der Waals surface area contributed by atoms with Gasteiger partial charge in [0.25, 0.3) is 0 Å². The largest absolute Gasteiger partial charge is 0.493 e. The van der Waals surface area contributed by atoms with Crippen LogP contribution in [0.2, 0.25) is 0 Å². The van der Waals surface area contributed by atoms with Crippen LogP contribution < -0.4 is 4.74 Å². The molecule has 0 radical (unpaired) electrons. The monoisotopic (exact) mass is 306 g/mol. The van der Waals surface area contributed by atoms with Crippen LogP contribution in [0.1, 0.15) is 18.4 Å². The third-order valence-electron chi connectivity index (χ3n) is 2.50. The number of hydrogen-bond donors (Lipinski definition) is 0. The molecule has 0 saturated heterocycles. The molecule has 0 aliphatic rings. The van der Waals surface area contributed by atoms with Crippen LogP contribution in [0, 0.1) is 11.3 Å². The predicted molar refractivity (Wildman–Crippen MR) is 69.7 cm³/mol. The van der Waals surface area contributed by atoms with Crippen molar-refractivity contribution in [2.24, 2.45) is 0 Å². The Labute approximate surface area is 113 Å². The smallest absolute Gasteiger partial charge is 0.182 e.